The van der Waals surface area contributed by atoms with E-state index in [1.807, 2.05) is 36.1 Å². The largest absolute Gasteiger partial charge is 0.338 e. The van der Waals surface area contributed by atoms with E-state index in [2.05, 4.69) is 11.9 Å². The van der Waals surface area contributed by atoms with Gasteiger partial charge in [0.2, 0.25) is 11.8 Å². The Labute approximate surface area is 151 Å². The average molecular weight is 368 g/mol. The molecule has 3 rings (SSSR count). The van der Waals surface area contributed by atoms with Crippen molar-refractivity contribution in [1.29, 1.82) is 0 Å². The van der Waals surface area contributed by atoms with Gasteiger partial charge in [0.25, 0.3) is 0 Å². The quantitative estimate of drug-likeness (QED) is 0.820. The number of piperazine rings is 1. The zero-order valence-electron chi connectivity index (χ0n) is 13.9. The molecule has 2 heterocycles. The van der Waals surface area contributed by atoms with Crippen LogP contribution in [0.2, 0.25) is 5.02 Å². The van der Waals surface area contributed by atoms with Crippen molar-refractivity contribution in [2.24, 2.45) is 0 Å². The summed E-state index contributed by atoms with van der Waals surface area (Å²) in [6.07, 6.45) is 0. The minimum atomic E-state index is -0.475. The monoisotopic (exact) mass is 367 g/mol. The lowest BCUT2D eigenvalue weighted by molar-refractivity contribution is -0.144. The number of amides is 2. The van der Waals surface area contributed by atoms with Crippen LogP contribution in [0, 0.1) is 0 Å². The molecule has 0 aliphatic carbocycles. The SMILES string of the molecule is C[C@@H](C(=O)N1CCN(C)CC1)N1C(=O)CS[C@H]1c1ccccc1Cl. The fourth-order valence-electron chi connectivity index (χ4n) is 3.18. The van der Waals surface area contributed by atoms with Crippen LogP contribution in [0.1, 0.15) is 17.9 Å². The van der Waals surface area contributed by atoms with E-state index in [4.69, 9.17) is 11.6 Å². The van der Waals surface area contributed by atoms with Gasteiger partial charge in [0, 0.05) is 36.8 Å². The molecule has 0 N–H and O–H groups in total. The first-order valence-electron chi connectivity index (χ1n) is 8.13. The number of thioether (sulfide) groups is 1. The summed E-state index contributed by atoms with van der Waals surface area (Å²) in [6, 6.07) is 7.06. The molecule has 2 atom stereocenters. The molecule has 130 valence electrons. The van der Waals surface area contributed by atoms with Gasteiger partial charge < -0.3 is 14.7 Å². The van der Waals surface area contributed by atoms with Gasteiger partial charge in [0.1, 0.15) is 11.4 Å². The van der Waals surface area contributed by atoms with Crippen molar-refractivity contribution < 1.29 is 9.59 Å². The summed E-state index contributed by atoms with van der Waals surface area (Å²) in [7, 11) is 2.05. The smallest absolute Gasteiger partial charge is 0.245 e. The minimum absolute atomic E-state index is 0.0000952. The third-order valence-corrected chi connectivity index (χ3v) is 6.22. The summed E-state index contributed by atoms with van der Waals surface area (Å²) in [4.78, 5) is 31.1. The number of hydrogen-bond acceptors (Lipinski definition) is 4. The second-order valence-electron chi connectivity index (χ2n) is 6.29. The maximum Gasteiger partial charge on any atom is 0.245 e. The van der Waals surface area contributed by atoms with Crippen molar-refractivity contribution in [2.75, 3.05) is 39.0 Å². The van der Waals surface area contributed by atoms with Crippen LogP contribution in [0.15, 0.2) is 24.3 Å². The molecule has 0 aromatic heterocycles. The van der Waals surface area contributed by atoms with Gasteiger partial charge >= 0.3 is 0 Å². The molecule has 2 saturated heterocycles. The van der Waals surface area contributed by atoms with E-state index < -0.39 is 6.04 Å². The Morgan fingerprint density at radius 3 is 2.58 bits per heavy atom. The number of halogens is 1. The molecule has 2 aliphatic rings. The maximum atomic E-state index is 12.9. The Kier molecular flexibility index (Phi) is 5.37. The van der Waals surface area contributed by atoms with Crippen LogP contribution in [-0.4, -0.2) is 71.5 Å². The van der Waals surface area contributed by atoms with Gasteiger partial charge in [-0.2, -0.15) is 0 Å². The molecule has 7 heteroatoms. The standard InChI is InChI=1S/C17H22ClN3O2S/c1-12(16(23)20-9-7-19(2)8-10-20)21-15(22)11-24-17(21)13-5-3-4-6-14(13)18/h3-6,12,17H,7-11H2,1-2H3/t12-,17-/m0/s1. The topological polar surface area (TPSA) is 43.9 Å². The van der Waals surface area contributed by atoms with Gasteiger partial charge in [-0.05, 0) is 20.0 Å². The van der Waals surface area contributed by atoms with Gasteiger partial charge in [-0.15, -0.1) is 11.8 Å². The Hall–Kier alpha value is -1.24. The number of hydrogen-bond donors (Lipinski definition) is 0. The Morgan fingerprint density at radius 1 is 1.25 bits per heavy atom. The van der Waals surface area contributed by atoms with Gasteiger partial charge in [-0.25, -0.2) is 0 Å². The van der Waals surface area contributed by atoms with Gasteiger partial charge in [0.15, 0.2) is 0 Å². The minimum Gasteiger partial charge on any atom is -0.338 e. The molecule has 0 saturated carbocycles. The highest BCUT2D eigenvalue weighted by molar-refractivity contribution is 8.00. The van der Waals surface area contributed by atoms with Gasteiger partial charge in [-0.1, -0.05) is 29.8 Å². The summed E-state index contributed by atoms with van der Waals surface area (Å²) >= 11 is 7.85. The second-order valence-corrected chi connectivity index (χ2v) is 7.77. The number of rotatable bonds is 3. The molecule has 5 nitrogen and oxygen atoms in total. The summed E-state index contributed by atoms with van der Waals surface area (Å²) in [5.41, 5.74) is 0.896. The van der Waals surface area contributed by atoms with Crippen molar-refractivity contribution >= 4 is 35.2 Å². The van der Waals surface area contributed by atoms with Crippen LogP contribution in [0.5, 0.6) is 0 Å². The fourth-order valence-corrected chi connectivity index (χ4v) is 4.78. The van der Waals surface area contributed by atoms with Crippen molar-refractivity contribution in [3.05, 3.63) is 34.9 Å². The Balaban J connectivity index is 1.79. The Morgan fingerprint density at radius 2 is 1.92 bits per heavy atom. The number of carbonyl (C=O) groups excluding carboxylic acids is 2. The van der Waals surface area contributed by atoms with Crippen molar-refractivity contribution in [2.45, 2.75) is 18.3 Å². The van der Waals surface area contributed by atoms with E-state index in [9.17, 15) is 9.59 Å². The molecule has 2 amide bonds. The van der Waals surface area contributed by atoms with E-state index in [0.29, 0.717) is 23.9 Å². The second kappa shape index (κ2) is 7.33. The lowest BCUT2D eigenvalue weighted by Gasteiger charge is -2.37. The third kappa shape index (κ3) is 3.41. The molecule has 2 fully saturated rings. The normalized spacial score (nSPS) is 23.6. The summed E-state index contributed by atoms with van der Waals surface area (Å²) in [5, 5.41) is 0.437. The summed E-state index contributed by atoms with van der Waals surface area (Å²) in [6.45, 7) is 5.00. The highest BCUT2D eigenvalue weighted by atomic mass is 35.5. The molecule has 24 heavy (non-hydrogen) atoms. The van der Waals surface area contributed by atoms with E-state index in [-0.39, 0.29) is 17.2 Å². The number of carbonyl (C=O) groups is 2. The molecule has 0 unspecified atom stereocenters. The van der Waals surface area contributed by atoms with Crippen LogP contribution >= 0.6 is 23.4 Å². The number of likely N-dealkylation sites (N-methyl/N-ethyl adjacent to an activating group) is 1. The lowest BCUT2D eigenvalue weighted by atomic mass is 10.1. The molecule has 1 aromatic carbocycles. The van der Waals surface area contributed by atoms with Crippen molar-refractivity contribution in [1.82, 2.24) is 14.7 Å². The van der Waals surface area contributed by atoms with Gasteiger partial charge in [-0.3, -0.25) is 9.59 Å². The maximum absolute atomic E-state index is 12.9. The van der Waals surface area contributed by atoms with Crippen LogP contribution < -0.4 is 0 Å². The average Bonchev–Trinajstić information content (AvgIpc) is 2.96. The van der Waals surface area contributed by atoms with E-state index in [1.54, 1.807) is 4.90 Å². The molecule has 2 aliphatic heterocycles. The fraction of sp³-hybridized carbons (Fsp3) is 0.529. The van der Waals surface area contributed by atoms with Crippen LogP contribution in [0.4, 0.5) is 0 Å². The highest BCUT2D eigenvalue weighted by Gasteiger charge is 2.40. The molecule has 0 spiro atoms. The first-order valence-corrected chi connectivity index (χ1v) is 9.56. The summed E-state index contributed by atoms with van der Waals surface area (Å²) < 4.78 is 0. The third-order valence-electron chi connectivity index (χ3n) is 4.67. The molecular formula is C17H22ClN3O2S. The predicted octanol–water partition coefficient (Wildman–Crippen LogP) is 2.08. The van der Waals surface area contributed by atoms with E-state index in [0.717, 1.165) is 18.7 Å². The summed E-state index contributed by atoms with van der Waals surface area (Å²) in [5.74, 6) is 0.409. The van der Waals surface area contributed by atoms with Crippen LogP contribution in [0.25, 0.3) is 0 Å². The van der Waals surface area contributed by atoms with Crippen LogP contribution in [0.3, 0.4) is 0 Å². The molecule has 1 aromatic rings. The van der Waals surface area contributed by atoms with Crippen molar-refractivity contribution in [3.8, 4) is 0 Å². The van der Waals surface area contributed by atoms with Gasteiger partial charge in [0.05, 0.1) is 5.75 Å². The number of benzene rings is 1. The highest BCUT2D eigenvalue weighted by Crippen LogP contribution is 2.42. The predicted molar refractivity (Wildman–Crippen MR) is 97.0 cm³/mol. The molecular weight excluding hydrogens is 346 g/mol. The zero-order chi connectivity index (χ0) is 17.3. The lowest BCUT2D eigenvalue weighted by Crippen LogP contribution is -2.54. The zero-order valence-corrected chi connectivity index (χ0v) is 15.5. The molecule has 0 bridgehead atoms. The van der Waals surface area contributed by atoms with E-state index in [1.165, 1.54) is 11.8 Å². The first kappa shape index (κ1) is 17.6. The van der Waals surface area contributed by atoms with E-state index >= 15 is 0 Å². The number of nitrogens with zero attached hydrogens (tertiary/aromatic N) is 3. The van der Waals surface area contributed by atoms with Crippen LogP contribution in [-0.2, 0) is 9.59 Å². The first-order chi connectivity index (χ1) is 11.5. The molecule has 0 radical (unpaired) electrons. The Bertz CT molecular complexity index is 634. The van der Waals surface area contributed by atoms with Crippen molar-refractivity contribution in [3.63, 3.8) is 0 Å².